The summed E-state index contributed by atoms with van der Waals surface area (Å²) in [6.45, 7) is 3.85. The van der Waals surface area contributed by atoms with Gasteiger partial charge in [0.05, 0.1) is 18.1 Å². The first kappa shape index (κ1) is 21.4. The molecule has 1 N–H and O–H groups in total. The fraction of sp³-hybridized carbons (Fsp3) is 0.231. The molecular weight excluding hydrogens is 406 g/mol. The molecule has 0 aromatic heterocycles. The lowest BCUT2D eigenvalue weighted by Gasteiger charge is -2.29. The molecule has 0 spiro atoms. The molecule has 4 rings (SSSR count). The number of fused-ring (bicyclic) bond motifs is 2. The Morgan fingerprint density at radius 3 is 2.03 bits per heavy atom. The molecule has 0 aliphatic carbocycles. The van der Waals surface area contributed by atoms with Crippen LogP contribution < -0.4 is 19.9 Å². The molecule has 1 heterocycles. The number of amides is 1. The monoisotopic (exact) mass is 430 g/mol. The topological polar surface area (TPSA) is 87.7 Å². The van der Waals surface area contributed by atoms with Crippen LogP contribution in [0.5, 0.6) is 17.2 Å². The van der Waals surface area contributed by atoms with Gasteiger partial charge in [-0.2, -0.15) is 0 Å². The maximum absolute atomic E-state index is 13.5. The van der Waals surface area contributed by atoms with Crippen molar-refractivity contribution in [2.45, 2.75) is 38.3 Å². The molecule has 164 valence electrons. The second-order valence-corrected chi connectivity index (χ2v) is 7.98. The third-order valence-electron chi connectivity index (χ3n) is 5.28. The number of carboxylic acid groups (broad SMARTS) is 1. The van der Waals surface area contributed by atoms with E-state index in [0.29, 0.717) is 22.8 Å². The normalized spacial score (nSPS) is 13.5. The Bertz CT molecular complexity index is 1080. The molecule has 1 amide bonds. The molecule has 1 unspecified atom stereocenters. The molecule has 1 aliphatic rings. The summed E-state index contributed by atoms with van der Waals surface area (Å²) in [6, 6.07) is 21.0. The van der Waals surface area contributed by atoms with E-state index in [1.807, 2.05) is 62.4 Å². The highest BCUT2D eigenvalue weighted by Gasteiger charge is 2.33. The van der Waals surface area contributed by atoms with Crippen molar-refractivity contribution in [2.75, 3.05) is 0 Å². The molecule has 0 fully saturated rings. The summed E-state index contributed by atoms with van der Waals surface area (Å²) in [7, 11) is 0. The third kappa shape index (κ3) is 4.59. The molecule has 6 heteroatoms. The van der Waals surface area contributed by atoms with Crippen molar-refractivity contribution in [3.8, 4) is 17.2 Å². The number of aliphatic carboxylic acids is 1. The molecule has 6 nitrogen and oxygen atoms in total. The van der Waals surface area contributed by atoms with Crippen molar-refractivity contribution in [1.29, 1.82) is 0 Å². The Morgan fingerprint density at radius 1 is 0.938 bits per heavy atom. The van der Waals surface area contributed by atoms with Gasteiger partial charge in [0.15, 0.2) is 0 Å². The van der Waals surface area contributed by atoms with Crippen LogP contribution in [0.25, 0.3) is 0 Å². The lowest BCUT2D eigenvalue weighted by atomic mass is 9.86. The second kappa shape index (κ2) is 9.14. The van der Waals surface area contributed by atoms with Gasteiger partial charge in [0, 0.05) is 23.5 Å². The molecule has 0 radical (unpaired) electrons. The summed E-state index contributed by atoms with van der Waals surface area (Å²) in [5.41, 5.74) is 2.13. The zero-order valence-electron chi connectivity index (χ0n) is 17.9. The van der Waals surface area contributed by atoms with Gasteiger partial charge in [-0.05, 0) is 43.7 Å². The molecular formula is C26H24NO5-. The van der Waals surface area contributed by atoms with Gasteiger partial charge in [0.1, 0.15) is 17.2 Å². The Morgan fingerprint density at radius 2 is 1.50 bits per heavy atom. The molecule has 0 saturated carbocycles. The van der Waals surface area contributed by atoms with Crippen LogP contribution in [0, 0.1) is 0 Å². The molecule has 1 aliphatic heterocycles. The van der Waals surface area contributed by atoms with E-state index in [0.717, 1.165) is 11.1 Å². The van der Waals surface area contributed by atoms with E-state index in [-0.39, 0.29) is 18.4 Å². The fourth-order valence-electron chi connectivity index (χ4n) is 3.92. The van der Waals surface area contributed by atoms with Crippen LogP contribution in [0.2, 0.25) is 0 Å². The Hall–Kier alpha value is -3.80. The van der Waals surface area contributed by atoms with Gasteiger partial charge in [-0.15, -0.1) is 0 Å². The van der Waals surface area contributed by atoms with Gasteiger partial charge in [0.25, 0.3) is 0 Å². The largest absolute Gasteiger partial charge is 0.550 e. The van der Waals surface area contributed by atoms with E-state index in [9.17, 15) is 14.7 Å². The second-order valence-electron chi connectivity index (χ2n) is 7.98. The summed E-state index contributed by atoms with van der Waals surface area (Å²) in [4.78, 5) is 24.9. The summed E-state index contributed by atoms with van der Waals surface area (Å²) in [5, 5.41) is 14.4. The average Bonchev–Trinajstić information content (AvgIpc) is 2.76. The summed E-state index contributed by atoms with van der Waals surface area (Å²) in [5.74, 6) is -0.276. The van der Waals surface area contributed by atoms with Crippen LogP contribution in [-0.2, 0) is 9.59 Å². The molecule has 3 aromatic rings. The maximum Gasteiger partial charge on any atom is 0.232 e. The Labute approximate surface area is 186 Å². The minimum atomic E-state index is -1.24. The van der Waals surface area contributed by atoms with Crippen molar-refractivity contribution >= 4 is 11.9 Å². The van der Waals surface area contributed by atoms with Crippen molar-refractivity contribution in [2.24, 2.45) is 0 Å². The first-order chi connectivity index (χ1) is 15.4. The van der Waals surface area contributed by atoms with Crippen LogP contribution in [-0.4, -0.2) is 18.0 Å². The molecule has 1 atom stereocenters. The number of benzene rings is 3. The number of hydrogen-bond acceptors (Lipinski definition) is 5. The first-order valence-electron chi connectivity index (χ1n) is 10.5. The molecule has 3 aromatic carbocycles. The Balaban J connectivity index is 1.64. The zero-order valence-corrected chi connectivity index (χ0v) is 17.9. The predicted molar refractivity (Wildman–Crippen MR) is 118 cm³/mol. The van der Waals surface area contributed by atoms with Crippen molar-refractivity contribution < 1.29 is 24.2 Å². The van der Waals surface area contributed by atoms with Crippen LogP contribution in [0.1, 0.15) is 48.9 Å². The Kier molecular flexibility index (Phi) is 6.12. The first-order valence-corrected chi connectivity index (χ1v) is 10.5. The van der Waals surface area contributed by atoms with Gasteiger partial charge in [-0.1, -0.05) is 48.5 Å². The number of para-hydroxylation sites is 2. The van der Waals surface area contributed by atoms with Crippen molar-refractivity contribution in [3.05, 3.63) is 89.5 Å². The SMILES string of the molecule is CC(C)Oc1ccc(C(CC(=O)[O-])NC(=O)C2c3ccccc3Oc3ccccc32)cc1. The highest BCUT2D eigenvalue weighted by Crippen LogP contribution is 2.44. The van der Waals surface area contributed by atoms with Crippen LogP contribution in [0.3, 0.4) is 0 Å². The highest BCUT2D eigenvalue weighted by atomic mass is 16.5. The summed E-state index contributed by atoms with van der Waals surface area (Å²) >= 11 is 0. The zero-order chi connectivity index (χ0) is 22.7. The van der Waals surface area contributed by atoms with Gasteiger partial charge < -0.3 is 24.7 Å². The van der Waals surface area contributed by atoms with Gasteiger partial charge >= 0.3 is 0 Å². The van der Waals surface area contributed by atoms with E-state index < -0.39 is 17.9 Å². The van der Waals surface area contributed by atoms with Crippen LogP contribution >= 0.6 is 0 Å². The summed E-state index contributed by atoms with van der Waals surface area (Å²) < 4.78 is 11.6. The number of nitrogens with one attached hydrogen (secondary N) is 1. The minimum Gasteiger partial charge on any atom is -0.550 e. The summed E-state index contributed by atoms with van der Waals surface area (Å²) in [6.07, 6.45) is -0.323. The van der Waals surface area contributed by atoms with Gasteiger partial charge in [-0.25, -0.2) is 0 Å². The number of carbonyl (C=O) groups excluding carboxylic acids is 2. The van der Waals surface area contributed by atoms with Crippen molar-refractivity contribution in [3.63, 3.8) is 0 Å². The highest BCUT2D eigenvalue weighted by molar-refractivity contribution is 5.90. The lowest BCUT2D eigenvalue weighted by Crippen LogP contribution is -2.37. The molecule has 0 bridgehead atoms. The smallest absolute Gasteiger partial charge is 0.232 e. The van der Waals surface area contributed by atoms with E-state index in [4.69, 9.17) is 9.47 Å². The van der Waals surface area contributed by atoms with Crippen molar-refractivity contribution in [1.82, 2.24) is 5.32 Å². The van der Waals surface area contributed by atoms with Gasteiger partial charge in [-0.3, -0.25) is 4.79 Å². The maximum atomic E-state index is 13.5. The number of ether oxygens (including phenoxy) is 2. The minimum absolute atomic E-state index is 0.0215. The van der Waals surface area contributed by atoms with Crippen LogP contribution in [0.4, 0.5) is 0 Å². The van der Waals surface area contributed by atoms with E-state index in [1.54, 1.807) is 24.3 Å². The number of carboxylic acids is 1. The number of rotatable bonds is 7. The molecule has 32 heavy (non-hydrogen) atoms. The number of carbonyl (C=O) groups is 2. The standard InChI is InChI=1S/C26H25NO5/c1-16(2)31-18-13-11-17(12-14-18)21(15-24(28)29)27-26(30)25-19-7-3-5-9-22(19)32-23-10-6-4-8-20(23)25/h3-14,16,21,25H,15H2,1-2H3,(H,27,30)(H,28,29)/p-1. The average molecular weight is 430 g/mol. The van der Waals surface area contributed by atoms with E-state index in [2.05, 4.69) is 5.32 Å². The van der Waals surface area contributed by atoms with Gasteiger partial charge in [0.2, 0.25) is 5.91 Å². The van der Waals surface area contributed by atoms with Crippen LogP contribution in [0.15, 0.2) is 72.8 Å². The van der Waals surface area contributed by atoms with E-state index in [1.165, 1.54) is 0 Å². The number of hydrogen-bond donors (Lipinski definition) is 1. The lowest BCUT2D eigenvalue weighted by molar-refractivity contribution is -0.306. The fourth-order valence-corrected chi connectivity index (χ4v) is 3.92. The van der Waals surface area contributed by atoms with E-state index >= 15 is 0 Å². The molecule has 0 saturated heterocycles. The quantitative estimate of drug-likeness (QED) is 0.617. The third-order valence-corrected chi connectivity index (χ3v) is 5.28. The predicted octanol–water partition coefficient (Wildman–Crippen LogP) is 3.71.